The highest BCUT2D eigenvalue weighted by molar-refractivity contribution is 8.00. The third-order valence-electron chi connectivity index (χ3n) is 3.54. The molecule has 2 aliphatic rings. The SMILES string of the molecule is N[C@H](CSC1CCOC2(CCC2)C1)C(=O)O. The van der Waals surface area contributed by atoms with Gasteiger partial charge in [-0.3, -0.25) is 4.79 Å². The van der Waals surface area contributed by atoms with Gasteiger partial charge in [-0.05, 0) is 32.1 Å². The average molecular weight is 245 g/mol. The first-order valence-electron chi connectivity index (χ1n) is 5.85. The lowest BCUT2D eigenvalue weighted by atomic mass is 9.75. The van der Waals surface area contributed by atoms with E-state index in [1.165, 1.54) is 19.3 Å². The fraction of sp³-hybridized carbons (Fsp3) is 0.909. The first-order valence-corrected chi connectivity index (χ1v) is 6.90. The molecule has 0 amide bonds. The van der Waals surface area contributed by atoms with Crippen molar-refractivity contribution in [1.29, 1.82) is 0 Å². The van der Waals surface area contributed by atoms with Crippen LogP contribution in [0.4, 0.5) is 0 Å². The molecular formula is C11H19NO3S. The molecule has 16 heavy (non-hydrogen) atoms. The summed E-state index contributed by atoms with van der Waals surface area (Å²) in [4.78, 5) is 10.6. The summed E-state index contributed by atoms with van der Waals surface area (Å²) in [5.74, 6) is -0.395. The lowest BCUT2D eigenvalue weighted by molar-refractivity contribution is -0.137. The van der Waals surface area contributed by atoms with Crippen molar-refractivity contribution >= 4 is 17.7 Å². The molecule has 0 aromatic carbocycles. The zero-order valence-corrected chi connectivity index (χ0v) is 10.2. The minimum absolute atomic E-state index is 0.142. The maximum Gasteiger partial charge on any atom is 0.321 e. The second-order valence-corrected chi connectivity index (χ2v) is 6.11. The zero-order valence-electron chi connectivity index (χ0n) is 9.35. The third-order valence-corrected chi connectivity index (χ3v) is 4.97. The number of rotatable bonds is 4. The van der Waals surface area contributed by atoms with Crippen molar-refractivity contribution < 1.29 is 14.6 Å². The summed E-state index contributed by atoms with van der Waals surface area (Å²) in [6.45, 7) is 0.819. The highest BCUT2D eigenvalue weighted by Gasteiger charge is 2.42. The largest absolute Gasteiger partial charge is 0.480 e. The van der Waals surface area contributed by atoms with Crippen LogP contribution in [0.5, 0.6) is 0 Å². The van der Waals surface area contributed by atoms with Gasteiger partial charge in [0.25, 0.3) is 0 Å². The molecule has 2 fully saturated rings. The molecule has 3 N–H and O–H groups in total. The minimum atomic E-state index is -0.905. The van der Waals surface area contributed by atoms with Gasteiger partial charge in [0.05, 0.1) is 5.60 Å². The monoisotopic (exact) mass is 245 g/mol. The van der Waals surface area contributed by atoms with Crippen molar-refractivity contribution in [3.63, 3.8) is 0 Å². The molecule has 0 bridgehead atoms. The number of hydrogen-bond donors (Lipinski definition) is 2. The van der Waals surface area contributed by atoms with Crippen LogP contribution in [-0.2, 0) is 9.53 Å². The Morgan fingerprint density at radius 3 is 2.94 bits per heavy atom. The van der Waals surface area contributed by atoms with Gasteiger partial charge in [0.15, 0.2) is 0 Å². The molecule has 4 nitrogen and oxygen atoms in total. The van der Waals surface area contributed by atoms with Crippen molar-refractivity contribution in [2.45, 2.75) is 49.0 Å². The molecule has 1 saturated heterocycles. The molecule has 1 aliphatic carbocycles. The van der Waals surface area contributed by atoms with Crippen LogP contribution >= 0.6 is 11.8 Å². The molecular weight excluding hydrogens is 226 g/mol. The van der Waals surface area contributed by atoms with Crippen LogP contribution in [0.15, 0.2) is 0 Å². The van der Waals surface area contributed by atoms with E-state index in [1.54, 1.807) is 11.8 Å². The first kappa shape index (κ1) is 12.2. The maximum absolute atomic E-state index is 10.6. The third kappa shape index (κ3) is 2.70. The van der Waals surface area contributed by atoms with Crippen LogP contribution in [0, 0.1) is 0 Å². The lowest BCUT2D eigenvalue weighted by Gasteiger charge is -2.47. The average Bonchev–Trinajstić information content (AvgIpc) is 2.24. The van der Waals surface area contributed by atoms with Crippen LogP contribution in [0.1, 0.15) is 32.1 Å². The number of carboxylic acid groups (broad SMARTS) is 1. The number of aliphatic carboxylic acids is 1. The smallest absolute Gasteiger partial charge is 0.321 e. The molecule has 0 radical (unpaired) electrons. The standard InChI is InChI=1S/C11H19NO3S/c12-9(10(13)14)7-16-8-2-5-15-11(6-8)3-1-4-11/h8-9H,1-7,12H2,(H,13,14)/t8?,9-/m1/s1. The number of carboxylic acids is 1. The first-order chi connectivity index (χ1) is 7.61. The number of nitrogens with two attached hydrogens (primary N) is 1. The Labute approximate surface area is 99.9 Å². The summed E-state index contributed by atoms with van der Waals surface area (Å²) in [7, 11) is 0. The Hall–Kier alpha value is -0.260. The van der Waals surface area contributed by atoms with Gasteiger partial charge >= 0.3 is 5.97 Å². The van der Waals surface area contributed by atoms with Gasteiger partial charge in [0.1, 0.15) is 6.04 Å². The molecule has 1 saturated carbocycles. The molecule has 1 spiro atoms. The van der Waals surface area contributed by atoms with E-state index in [1.807, 2.05) is 0 Å². The predicted molar refractivity (Wildman–Crippen MR) is 63.6 cm³/mol. The molecule has 2 rings (SSSR count). The summed E-state index contributed by atoms with van der Waals surface area (Å²) in [5, 5.41) is 9.24. The van der Waals surface area contributed by atoms with Crippen LogP contribution in [0.2, 0.25) is 0 Å². The molecule has 1 unspecified atom stereocenters. The Kier molecular flexibility index (Phi) is 3.77. The fourth-order valence-corrected chi connectivity index (χ4v) is 3.66. The molecule has 0 aromatic heterocycles. The summed E-state index contributed by atoms with van der Waals surface area (Å²) in [5.41, 5.74) is 5.64. The van der Waals surface area contributed by atoms with E-state index in [-0.39, 0.29) is 5.60 Å². The Bertz CT molecular complexity index is 268. The zero-order chi connectivity index (χ0) is 11.6. The normalized spacial score (nSPS) is 29.7. The van der Waals surface area contributed by atoms with Gasteiger partial charge in [-0.1, -0.05) is 0 Å². The van der Waals surface area contributed by atoms with E-state index >= 15 is 0 Å². The van der Waals surface area contributed by atoms with E-state index < -0.39 is 12.0 Å². The van der Waals surface area contributed by atoms with Gasteiger partial charge in [-0.15, -0.1) is 0 Å². The fourth-order valence-electron chi connectivity index (χ4n) is 2.36. The highest BCUT2D eigenvalue weighted by atomic mass is 32.2. The number of ether oxygens (including phenoxy) is 1. The van der Waals surface area contributed by atoms with E-state index in [2.05, 4.69) is 0 Å². The van der Waals surface area contributed by atoms with Gasteiger partial charge in [0.2, 0.25) is 0 Å². The van der Waals surface area contributed by atoms with Crippen LogP contribution in [0.3, 0.4) is 0 Å². The lowest BCUT2D eigenvalue weighted by Crippen LogP contribution is -2.46. The van der Waals surface area contributed by atoms with Crippen molar-refractivity contribution in [2.75, 3.05) is 12.4 Å². The van der Waals surface area contributed by atoms with Crippen LogP contribution < -0.4 is 5.73 Å². The Balaban J connectivity index is 1.75. The van der Waals surface area contributed by atoms with Gasteiger partial charge in [-0.2, -0.15) is 11.8 Å². The van der Waals surface area contributed by atoms with E-state index in [9.17, 15) is 4.79 Å². The van der Waals surface area contributed by atoms with Crippen molar-refractivity contribution in [1.82, 2.24) is 0 Å². The quantitative estimate of drug-likeness (QED) is 0.779. The van der Waals surface area contributed by atoms with E-state index in [4.69, 9.17) is 15.6 Å². The van der Waals surface area contributed by atoms with Gasteiger partial charge in [-0.25, -0.2) is 0 Å². The Morgan fingerprint density at radius 1 is 1.62 bits per heavy atom. The topological polar surface area (TPSA) is 72.5 Å². The van der Waals surface area contributed by atoms with Gasteiger partial charge < -0.3 is 15.6 Å². The summed E-state index contributed by atoms with van der Waals surface area (Å²) < 4.78 is 5.83. The summed E-state index contributed by atoms with van der Waals surface area (Å²) >= 11 is 1.70. The van der Waals surface area contributed by atoms with E-state index in [0.717, 1.165) is 19.4 Å². The minimum Gasteiger partial charge on any atom is -0.480 e. The van der Waals surface area contributed by atoms with E-state index in [0.29, 0.717) is 11.0 Å². The van der Waals surface area contributed by atoms with Crippen LogP contribution in [-0.4, -0.2) is 40.3 Å². The predicted octanol–water partition coefficient (Wildman–Crippen LogP) is 1.23. The molecule has 1 aliphatic heterocycles. The number of thioether (sulfide) groups is 1. The summed E-state index contributed by atoms with van der Waals surface area (Å²) in [6.07, 6.45) is 5.72. The number of hydrogen-bond acceptors (Lipinski definition) is 4. The molecule has 92 valence electrons. The van der Waals surface area contributed by atoms with Crippen molar-refractivity contribution in [3.05, 3.63) is 0 Å². The van der Waals surface area contributed by atoms with Crippen LogP contribution in [0.25, 0.3) is 0 Å². The highest BCUT2D eigenvalue weighted by Crippen LogP contribution is 2.44. The van der Waals surface area contributed by atoms with Crippen molar-refractivity contribution in [3.8, 4) is 0 Å². The number of carbonyl (C=O) groups is 1. The van der Waals surface area contributed by atoms with Gasteiger partial charge in [0, 0.05) is 17.6 Å². The Morgan fingerprint density at radius 2 is 2.38 bits per heavy atom. The second-order valence-electron chi connectivity index (χ2n) is 4.78. The molecule has 5 heteroatoms. The molecule has 2 atom stereocenters. The van der Waals surface area contributed by atoms with Crippen molar-refractivity contribution in [2.24, 2.45) is 5.73 Å². The molecule has 0 aromatic rings. The second kappa shape index (κ2) is 4.94. The maximum atomic E-state index is 10.6. The summed E-state index contributed by atoms with van der Waals surface area (Å²) in [6, 6.07) is -0.731. The molecule has 1 heterocycles.